The molecule has 2 amide bonds. The van der Waals surface area contributed by atoms with Gasteiger partial charge in [-0.15, -0.1) is 0 Å². The largest absolute Gasteiger partial charge is 0.294 e. The Kier molecular flexibility index (Phi) is 1.81. The van der Waals surface area contributed by atoms with Gasteiger partial charge in [-0.3, -0.25) is 19.1 Å². The highest BCUT2D eigenvalue weighted by molar-refractivity contribution is 7.16. The van der Waals surface area contributed by atoms with Crippen LogP contribution in [0.1, 0.15) is 6.42 Å². The molecule has 0 radical (unpaired) electrons. The normalized spacial score (nSPS) is 32.7. The summed E-state index contributed by atoms with van der Waals surface area (Å²) in [7, 11) is 2.06. The number of allylic oxidation sites excluding steroid dienone is 2. The van der Waals surface area contributed by atoms with Crippen LogP contribution in [0.5, 0.6) is 0 Å². The number of ketones is 1. The van der Waals surface area contributed by atoms with Gasteiger partial charge in [-0.25, -0.2) is 0 Å². The standard InChI is InChI=1S/C8H8NO3P/c10-5-3-1-2-4-6(5)8(12)9(13)7(4)11/h1,3-4,6H,2,13H2/t4-,6-/m1/s1. The van der Waals surface area contributed by atoms with E-state index in [1.807, 2.05) is 0 Å². The number of imide groups is 1. The minimum atomic E-state index is -0.755. The molecule has 0 aromatic rings. The van der Waals surface area contributed by atoms with Crippen molar-refractivity contribution in [2.45, 2.75) is 6.42 Å². The van der Waals surface area contributed by atoms with Crippen molar-refractivity contribution in [2.24, 2.45) is 11.8 Å². The van der Waals surface area contributed by atoms with Crippen LogP contribution in [0, 0.1) is 11.8 Å². The summed E-state index contributed by atoms with van der Waals surface area (Å²) in [5.74, 6) is -2.12. The van der Waals surface area contributed by atoms with Crippen molar-refractivity contribution in [3.05, 3.63) is 12.2 Å². The Morgan fingerprint density at radius 3 is 2.62 bits per heavy atom. The molecular formula is C8H8NO3P. The summed E-state index contributed by atoms with van der Waals surface area (Å²) in [5, 5.41) is 0. The van der Waals surface area contributed by atoms with Crippen molar-refractivity contribution in [3.8, 4) is 0 Å². The van der Waals surface area contributed by atoms with Crippen molar-refractivity contribution in [2.75, 3.05) is 0 Å². The number of nitrogens with zero attached hydrogens (tertiary/aromatic N) is 1. The van der Waals surface area contributed by atoms with Gasteiger partial charge in [0, 0.05) is 0 Å². The number of rotatable bonds is 0. The lowest BCUT2D eigenvalue weighted by Gasteiger charge is -2.13. The maximum atomic E-state index is 11.4. The molecule has 5 heteroatoms. The lowest BCUT2D eigenvalue weighted by molar-refractivity contribution is -0.134. The van der Waals surface area contributed by atoms with Crippen LogP contribution in [0.2, 0.25) is 0 Å². The van der Waals surface area contributed by atoms with E-state index in [-0.39, 0.29) is 11.7 Å². The molecule has 3 atom stereocenters. The van der Waals surface area contributed by atoms with Crippen LogP contribution in [-0.2, 0) is 14.4 Å². The van der Waals surface area contributed by atoms with Gasteiger partial charge < -0.3 is 0 Å². The minimum Gasteiger partial charge on any atom is -0.294 e. The first kappa shape index (κ1) is 8.57. The molecule has 1 aliphatic heterocycles. The molecule has 0 spiro atoms. The Hall–Kier alpha value is -1.02. The molecule has 2 aliphatic rings. The first-order valence-electron chi connectivity index (χ1n) is 3.96. The number of carbonyl (C=O) groups is 3. The molecule has 1 unspecified atom stereocenters. The fourth-order valence-electron chi connectivity index (χ4n) is 1.74. The van der Waals surface area contributed by atoms with Crippen molar-refractivity contribution in [3.63, 3.8) is 0 Å². The first-order valence-corrected chi connectivity index (χ1v) is 4.47. The molecule has 0 bridgehead atoms. The smallest absolute Gasteiger partial charge is 0.243 e. The van der Waals surface area contributed by atoms with Crippen LogP contribution in [0.15, 0.2) is 12.2 Å². The van der Waals surface area contributed by atoms with Gasteiger partial charge in [0.1, 0.15) is 5.92 Å². The van der Waals surface area contributed by atoms with E-state index >= 15 is 0 Å². The Labute approximate surface area is 77.2 Å². The number of hydrogen-bond donors (Lipinski definition) is 0. The average molecular weight is 197 g/mol. The monoisotopic (exact) mass is 197 g/mol. The van der Waals surface area contributed by atoms with Crippen LogP contribution in [0.3, 0.4) is 0 Å². The quantitative estimate of drug-likeness (QED) is 0.309. The number of carbonyl (C=O) groups excluding carboxylic acids is 3. The summed E-state index contributed by atoms with van der Waals surface area (Å²) in [6.45, 7) is 0. The van der Waals surface area contributed by atoms with Gasteiger partial charge in [0.25, 0.3) is 0 Å². The van der Waals surface area contributed by atoms with Crippen LogP contribution in [0.4, 0.5) is 0 Å². The molecule has 1 aliphatic carbocycles. The number of hydrogen-bond acceptors (Lipinski definition) is 3. The molecule has 1 saturated heterocycles. The van der Waals surface area contributed by atoms with Gasteiger partial charge in [0.2, 0.25) is 11.8 Å². The minimum absolute atomic E-state index is 0.250. The molecule has 4 nitrogen and oxygen atoms in total. The van der Waals surface area contributed by atoms with Crippen molar-refractivity contribution >= 4 is 27.0 Å². The van der Waals surface area contributed by atoms with E-state index < -0.39 is 17.7 Å². The van der Waals surface area contributed by atoms with E-state index in [1.54, 1.807) is 6.08 Å². The molecule has 0 N–H and O–H groups in total. The van der Waals surface area contributed by atoms with Crippen molar-refractivity contribution < 1.29 is 14.4 Å². The summed E-state index contributed by atoms with van der Waals surface area (Å²) in [4.78, 5) is 34.1. The molecule has 68 valence electrons. The summed E-state index contributed by atoms with van der Waals surface area (Å²) < 4.78 is 0.972. The summed E-state index contributed by atoms with van der Waals surface area (Å²) in [5.41, 5.74) is 0. The molecule has 1 heterocycles. The second kappa shape index (κ2) is 2.74. The van der Waals surface area contributed by atoms with Gasteiger partial charge in [-0.2, -0.15) is 0 Å². The summed E-state index contributed by atoms with van der Waals surface area (Å²) >= 11 is 0. The highest BCUT2D eigenvalue weighted by Gasteiger charge is 2.49. The predicted octanol–water partition coefficient (Wildman–Crippen LogP) is -0.0933. The second-order valence-electron chi connectivity index (χ2n) is 3.17. The van der Waals surface area contributed by atoms with Gasteiger partial charge >= 0.3 is 0 Å². The van der Waals surface area contributed by atoms with Crippen LogP contribution in [-0.4, -0.2) is 22.3 Å². The van der Waals surface area contributed by atoms with Crippen molar-refractivity contribution in [1.29, 1.82) is 0 Å². The topological polar surface area (TPSA) is 54.5 Å². The molecule has 2 rings (SSSR count). The summed E-state index contributed by atoms with van der Waals surface area (Å²) in [6, 6.07) is 0. The van der Waals surface area contributed by atoms with Gasteiger partial charge in [-0.1, -0.05) is 6.08 Å². The van der Waals surface area contributed by atoms with E-state index in [9.17, 15) is 14.4 Å². The highest BCUT2D eigenvalue weighted by atomic mass is 31.0. The Morgan fingerprint density at radius 2 is 2.00 bits per heavy atom. The Morgan fingerprint density at radius 1 is 1.31 bits per heavy atom. The third-order valence-corrected chi connectivity index (χ3v) is 2.95. The lowest BCUT2D eigenvalue weighted by Crippen LogP contribution is -2.27. The van der Waals surface area contributed by atoms with Gasteiger partial charge in [0.15, 0.2) is 5.78 Å². The van der Waals surface area contributed by atoms with Crippen molar-refractivity contribution in [1.82, 2.24) is 4.67 Å². The molecule has 1 fully saturated rings. The predicted molar refractivity (Wildman–Crippen MR) is 47.3 cm³/mol. The third kappa shape index (κ3) is 1.05. The molecule has 0 aromatic heterocycles. The molecule has 0 saturated carbocycles. The maximum absolute atomic E-state index is 11.4. The fourth-order valence-corrected chi connectivity index (χ4v) is 2.10. The number of fused-ring (bicyclic) bond motifs is 1. The van der Waals surface area contributed by atoms with E-state index in [2.05, 4.69) is 9.39 Å². The zero-order chi connectivity index (χ0) is 9.59. The zero-order valence-corrected chi connectivity index (χ0v) is 7.92. The van der Waals surface area contributed by atoms with E-state index in [4.69, 9.17) is 0 Å². The highest BCUT2D eigenvalue weighted by Crippen LogP contribution is 2.34. The lowest BCUT2D eigenvalue weighted by atomic mass is 9.84. The van der Waals surface area contributed by atoms with Crippen LogP contribution in [0.25, 0.3) is 0 Å². The van der Waals surface area contributed by atoms with Gasteiger partial charge in [-0.05, 0) is 21.9 Å². The molecular weight excluding hydrogens is 189 g/mol. The third-order valence-electron chi connectivity index (χ3n) is 2.44. The second-order valence-corrected chi connectivity index (χ2v) is 3.69. The van der Waals surface area contributed by atoms with E-state index in [0.29, 0.717) is 6.42 Å². The SMILES string of the molecule is O=C1C=CC[C@H]2C(=O)N(P)C(=O)[C@@H]12. The van der Waals surface area contributed by atoms with Gasteiger partial charge in [0.05, 0.1) is 5.92 Å². The Balaban J connectivity index is 2.42. The molecule has 0 aromatic carbocycles. The van der Waals surface area contributed by atoms with Crippen LogP contribution < -0.4 is 0 Å². The van der Waals surface area contributed by atoms with E-state index in [1.165, 1.54) is 6.08 Å². The Bertz CT molecular complexity index is 336. The average Bonchev–Trinajstić information content (AvgIpc) is 2.33. The first-order chi connectivity index (χ1) is 6.13. The summed E-state index contributed by atoms with van der Waals surface area (Å²) in [6.07, 6.45) is 3.53. The van der Waals surface area contributed by atoms with Crippen LogP contribution >= 0.6 is 9.39 Å². The van der Waals surface area contributed by atoms with E-state index in [0.717, 1.165) is 4.67 Å². The molecule has 13 heavy (non-hydrogen) atoms. The zero-order valence-electron chi connectivity index (χ0n) is 6.77. The maximum Gasteiger partial charge on any atom is 0.243 e. The number of amides is 2. The fraction of sp³-hybridized carbons (Fsp3) is 0.375.